The minimum absolute atomic E-state index is 0. The van der Waals surface area contributed by atoms with E-state index in [9.17, 15) is 38.7 Å². The molecule has 549 valence electrons. The van der Waals surface area contributed by atoms with Crippen molar-refractivity contribution in [3.05, 3.63) is 55.7 Å². The summed E-state index contributed by atoms with van der Waals surface area (Å²) in [6.07, 6.45) is 2.64. The van der Waals surface area contributed by atoms with Gasteiger partial charge >= 0.3 is 21.1 Å². The summed E-state index contributed by atoms with van der Waals surface area (Å²) in [6.45, 7) is 34.1. The summed E-state index contributed by atoms with van der Waals surface area (Å²) in [4.78, 5) is 171. The largest absolute Gasteiger partial charge is 2.00 e. The summed E-state index contributed by atoms with van der Waals surface area (Å²) in [5.41, 5.74) is 2.37. The third-order valence-electron chi connectivity index (χ3n) is 18.3. The maximum Gasteiger partial charge on any atom is 2.00 e. The molecule has 1 aliphatic rings. The quantitative estimate of drug-likeness (QED) is 0.0786. The fraction of sp³-hybridized carbons (Fsp3) is 0.722. The van der Waals surface area contributed by atoms with E-state index in [0.717, 1.165) is 45.4 Å². The molecule has 1 heterocycles. The van der Waals surface area contributed by atoms with Crippen molar-refractivity contribution in [3.63, 3.8) is 0 Å². The third kappa shape index (κ3) is 27.2. The minimum Gasteiger partial charge on any atom is -0.390 e. The maximum atomic E-state index is 15.4. The molecule has 0 aliphatic carbocycles. The van der Waals surface area contributed by atoms with Crippen molar-refractivity contribution >= 4 is 65.0 Å². The van der Waals surface area contributed by atoms with Crippen molar-refractivity contribution in [1.82, 2.24) is 55.6 Å². The van der Waals surface area contributed by atoms with E-state index in [4.69, 9.17) is 0 Å². The molecule has 1 aromatic carbocycles. The van der Waals surface area contributed by atoms with Gasteiger partial charge in [0.05, 0.1) is 12.1 Å². The number of carbonyl (C=O) groups is 11. The monoisotopic (exact) mass is 1610 g/mol. The van der Waals surface area contributed by atoms with Crippen molar-refractivity contribution in [1.29, 1.82) is 0 Å². The molecule has 97 heavy (non-hydrogen) atoms. The Morgan fingerprint density at radius 2 is 0.979 bits per heavy atom. The molecule has 1 fully saturated rings. The Morgan fingerprint density at radius 1 is 0.515 bits per heavy atom. The number of aliphatic hydroxyl groups excluding tert-OH is 1. The van der Waals surface area contributed by atoms with Crippen LogP contribution in [0.5, 0.6) is 0 Å². The number of hydrogen-bond acceptors (Lipinski definition) is 12. The van der Waals surface area contributed by atoms with E-state index >= 15 is 19.2 Å². The van der Waals surface area contributed by atoms with E-state index in [1.807, 2.05) is 60.6 Å². The van der Waals surface area contributed by atoms with Crippen LogP contribution in [0.3, 0.4) is 0 Å². The van der Waals surface area contributed by atoms with Crippen LogP contribution in [-0.4, -0.2) is 226 Å². The van der Waals surface area contributed by atoms with Gasteiger partial charge in [-0.2, -0.15) is 13.8 Å². The average molecular weight is 1610 g/mol. The molecule has 23 nitrogen and oxygen atoms in total. The molecule has 1 radical (unpaired) electrons. The topological polar surface area (TPSA) is 279 Å². The Labute approximate surface area is 622 Å². The Kier molecular flexibility index (Phi) is 42.5. The van der Waals surface area contributed by atoms with Crippen molar-refractivity contribution in [2.75, 3.05) is 49.3 Å². The second kappa shape index (κ2) is 43.7. The maximum absolute atomic E-state index is 15.4. The van der Waals surface area contributed by atoms with Crippen LogP contribution in [-0.2, 0) is 113 Å². The molecule has 25 heteroatoms. The molecule has 0 bridgehead atoms. The van der Waals surface area contributed by atoms with Crippen LogP contribution in [0.15, 0.2) is 24.3 Å². The van der Waals surface area contributed by atoms with E-state index in [-0.39, 0.29) is 111 Å². The smallest absolute Gasteiger partial charge is 0.390 e. The molecule has 13 atom stereocenters. The number of nitrogens with zero attached hydrogens (tertiary/aromatic N) is 7. The van der Waals surface area contributed by atoms with Crippen LogP contribution in [0.1, 0.15) is 180 Å². The van der Waals surface area contributed by atoms with Crippen molar-refractivity contribution in [2.45, 2.75) is 254 Å². The Morgan fingerprint density at radius 3 is 1.46 bits per heavy atom. The molecule has 1 aromatic rings. The van der Waals surface area contributed by atoms with Gasteiger partial charge in [-0.25, -0.2) is 0 Å². The fourth-order valence-corrected chi connectivity index (χ4v) is 12.2. The van der Waals surface area contributed by atoms with Gasteiger partial charge in [0.1, 0.15) is 54.4 Å². The van der Waals surface area contributed by atoms with Gasteiger partial charge in [0.15, 0.2) is 0 Å². The first-order valence-electron chi connectivity index (χ1n) is 34.0. The first-order valence-corrected chi connectivity index (χ1v) is 34.0. The zero-order chi connectivity index (χ0) is 72.2. The SMILES string of the molecule is [CH2-][C@@H]1C(=O)N(C)[C@@H](C[C-](C)C)C(=O)N[C@@H](C(C)C)C(=O)N(C)[C@@H](CC(C)C)C(=O)N[C@@H](C)C(=O)N[C@H](C)C(=O)N(C)[C@@H](CC(C)C)C(=O)N(C)[C@@H](CC(C)C)C(=O)N(C)[C@@H](C(C)C)C(=O)N(C)[C@@H]([C@H](O)[C@H](C)CCCCCc2cccc(C)c2)C(=O)N[C@@H](CC)C(=O)N1C.[CH3-].[W+2].[Y]. The van der Waals surface area contributed by atoms with Crippen LogP contribution < -0.4 is 21.3 Å². The van der Waals surface area contributed by atoms with Crippen molar-refractivity contribution < 1.29 is 112 Å². The zero-order valence-electron chi connectivity index (χ0n) is 63.5. The van der Waals surface area contributed by atoms with E-state index in [1.165, 1.54) is 88.3 Å². The van der Waals surface area contributed by atoms with Gasteiger partial charge in [-0.15, -0.1) is 6.42 Å². The van der Waals surface area contributed by atoms with Crippen LogP contribution in [0, 0.1) is 62.7 Å². The predicted molar refractivity (Wildman–Crippen MR) is 373 cm³/mol. The number of rotatable bonds is 19. The number of nitrogens with one attached hydrogen (secondary N) is 4. The van der Waals surface area contributed by atoms with Gasteiger partial charge in [-0.05, 0) is 113 Å². The number of aliphatic hydroxyl groups is 1. The average Bonchev–Trinajstić information content (AvgIpc) is 0.812. The Balaban J connectivity index is 0. The number of benzene rings is 1. The summed E-state index contributed by atoms with van der Waals surface area (Å²) in [5, 5.41) is 23.5. The van der Waals surface area contributed by atoms with Crippen LogP contribution in [0.4, 0.5) is 0 Å². The second-order valence-corrected chi connectivity index (χ2v) is 28.9. The normalized spacial score (nSPS) is 25.3. The van der Waals surface area contributed by atoms with Crippen molar-refractivity contribution in [3.8, 4) is 0 Å². The second-order valence-electron chi connectivity index (χ2n) is 28.9. The van der Waals surface area contributed by atoms with Gasteiger partial charge in [-0.3, -0.25) is 52.7 Å². The number of aryl methyl sites for hydroxylation is 2. The third-order valence-corrected chi connectivity index (χ3v) is 18.3. The molecule has 1 aliphatic heterocycles. The number of hydrogen-bond donors (Lipinski definition) is 5. The molecular weight excluding hydrogens is 1480 g/mol. The summed E-state index contributed by atoms with van der Waals surface area (Å²) in [6, 6.07) is -5.80. The molecule has 0 spiro atoms. The number of unbranched alkanes of at least 4 members (excludes halogenated alkanes) is 2. The van der Waals surface area contributed by atoms with Gasteiger partial charge in [0.25, 0.3) is 0 Å². The van der Waals surface area contributed by atoms with E-state index < -0.39 is 155 Å². The van der Waals surface area contributed by atoms with Gasteiger partial charge < -0.3 is 80.9 Å². The molecule has 2 rings (SSSR count). The van der Waals surface area contributed by atoms with Crippen LogP contribution in [0.2, 0.25) is 0 Å². The van der Waals surface area contributed by atoms with E-state index in [0.29, 0.717) is 12.8 Å². The fourth-order valence-electron chi connectivity index (χ4n) is 12.2. The van der Waals surface area contributed by atoms with Gasteiger partial charge in [0, 0.05) is 82.0 Å². The summed E-state index contributed by atoms with van der Waals surface area (Å²) in [5.74, 6) is -9.13. The molecule has 0 aromatic heterocycles. The van der Waals surface area contributed by atoms with E-state index in [1.54, 1.807) is 55.4 Å². The summed E-state index contributed by atoms with van der Waals surface area (Å²) >= 11 is 0. The van der Waals surface area contributed by atoms with Crippen LogP contribution in [0.25, 0.3) is 0 Å². The van der Waals surface area contributed by atoms with Crippen molar-refractivity contribution in [2.24, 2.45) is 35.5 Å². The zero-order valence-corrected chi connectivity index (χ0v) is 69.3. The predicted octanol–water partition coefficient (Wildman–Crippen LogP) is 6.02. The standard InChI is InChI=1S/C71H121N11O12.CH3.W.Y/c1-26-52-67(90)76(19)50(18)66(89)77(20)54(36-41(4)5)63(86)75-57(44(10)11)70(93)78(21)53(35-40(2)3)62(85)72-48(16)61(84)73-49(17)65(88)79(22)55(37-42(6)7)68(91)80(23)56(38-43(8)9)69(92)81(24)58(45(12)13)71(94)82(25)59(64(87)74-52)60(83)47(15)32-28-27-29-33-51-34-30-31-46(14)39-51;;;/h30-31,34,39-40,42-45,47-50,52-60,83H,18,26-29,32-33,35-38H2,1-17,19-25H3,(H,72,85)(H,73,84)(H,74,87)(H,75,86);1H3;;/q-2;-1;+2;/t47-,48+,49-,50-,52+,53+,54+,55+,56+,57+,58+,59+,60-;;;/m1.../s1. The number of amides is 11. The van der Waals surface area contributed by atoms with Gasteiger partial charge in [-0.1, -0.05) is 126 Å². The molecule has 5 N–H and O–H groups in total. The summed E-state index contributed by atoms with van der Waals surface area (Å²) in [7, 11) is 9.89. The Hall–Kier alpha value is -4.86. The van der Waals surface area contributed by atoms with Crippen LogP contribution >= 0.6 is 0 Å². The molecule has 0 saturated carbocycles. The molecular formula is C72H124N11O12WY-. The first-order chi connectivity index (χ1) is 43.5. The van der Waals surface area contributed by atoms with Gasteiger partial charge in [0.2, 0.25) is 65.0 Å². The first kappa shape index (κ1) is 94.2. The summed E-state index contributed by atoms with van der Waals surface area (Å²) < 4.78 is 0. The molecule has 11 amide bonds. The molecule has 0 unspecified atom stereocenters. The number of likely N-dealkylation sites (N-methyl/N-ethyl adjacent to an activating group) is 7. The minimum atomic E-state index is -1.63. The Bertz CT molecular complexity index is 2740. The number of carbonyl (C=O) groups excluding carboxylic acids is 11. The molecule has 1 saturated heterocycles. The van der Waals surface area contributed by atoms with E-state index in [2.05, 4.69) is 40.3 Å².